The number of hydrogen-bond donors (Lipinski definition) is 0. The number of alkyl halides is 3. The molecule has 0 saturated carbocycles. The number of rotatable bonds is 1. The molecule has 1 aromatic carbocycles. The van der Waals surface area contributed by atoms with E-state index in [1.165, 1.54) is 0 Å². The molecule has 16 heavy (non-hydrogen) atoms. The SMILES string of the molecule is Cc1ccc(-c2nnc(C(F)(F)F)o2)cc1. The summed E-state index contributed by atoms with van der Waals surface area (Å²) < 4.78 is 41.1. The van der Waals surface area contributed by atoms with Gasteiger partial charge in [-0.25, -0.2) is 0 Å². The summed E-state index contributed by atoms with van der Waals surface area (Å²) in [6.45, 7) is 1.87. The molecule has 84 valence electrons. The molecule has 0 radical (unpaired) electrons. The predicted molar refractivity (Wildman–Crippen MR) is 49.5 cm³/mol. The fourth-order valence-corrected chi connectivity index (χ4v) is 1.15. The van der Waals surface area contributed by atoms with E-state index in [1.54, 1.807) is 24.3 Å². The van der Waals surface area contributed by atoms with E-state index in [-0.39, 0.29) is 5.89 Å². The van der Waals surface area contributed by atoms with Crippen LogP contribution in [0.1, 0.15) is 11.5 Å². The van der Waals surface area contributed by atoms with Crippen molar-refractivity contribution in [3.8, 4) is 11.5 Å². The van der Waals surface area contributed by atoms with E-state index in [0.29, 0.717) is 5.56 Å². The maximum absolute atomic E-state index is 12.2. The number of hydrogen-bond acceptors (Lipinski definition) is 3. The highest BCUT2D eigenvalue weighted by molar-refractivity contribution is 5.52. The second-order valence-corrected chi connectivity index (χ2v) is 3.28. The van der Waals surface area contributed by atoms with E-state index in [0.717, 1.165) is 5.56 Å². The van der Waals surface area contributed by atoms with E-state index >= 15 is 0 Å². The molecule has 0 amide bonds. The number of benzene rings is 1. The Morgan fingerprint density at radius 1 is 1.06 bits per heavy atom. The molecule has 0 N–H and O–H groups in total. The van der Waals surface area contributed by atoms with Gasteiger partial charge in [-0.2, -0.15) is 13.2 Å². The summed E-state index contributed by atoms with van der Waals surface area (Å²) >= 11 is 0. The predicted octanol–water partition coefficient (Wildman–Crippen LogP) is 3.06. The summed E-state index contributed by atoms with van der Waals surface area (Å²) in [5, 5.41) is 6.29. The lowest BCUT2D eigenvalue weighted by Crippen LogP contribution is -2.04. The molecule has 3 nitrogen and oxygen atoms in total. The highest BCUT2D eigenvalue weighted by atomic mass is 19.4. The van der Waals surface area contributed by atoms with Gasteiger partial charge in [0, 0.05) is 5.56 Å². The maximum atomic E-state index is 12.2. The highest BCUT2D eigenvalue weighted by Gasteiger charge is 2.38. The van der Waals surface area contributed by atoms with E-state index in [2.05, 4.69) is 14.6 Å². The molecular formula is C10H7F3N2O. The summed E-state index contributed by atoms with van der Waals surface area (Å²) in [5.41, 5.74) is 1.47. The molecule has 0 unspecified atom stereocenters. The standard InChI is InChI=1S/C10H7F3N2O/c1-6-2-4-7(5-3-6)8-14-15-9(16-8)10(11,12)13/h2-5H,1H3. The molecule has 0 bridgehead atoms. The van der Waals surface area contributed by atoms with Crippen molar-refractivity contribution in [2.45, 2.75) is 13.1 Å². The molecule has 0 aliphatic heterocycles. The van der Waals surface area contributed by atoms with Crippen molar-refractivity contribution in [1.29, 1.82) is 0 Å². The average Bonchev–Trinajstić information content (AvgIpc) is 2.67. The van der Waals surface area contributed by atoms with Gasteiger partial charge in [0.2, 0.25) is 5.89 Å². The lowest BCUT2D eigenvalue weighted by atomic mass is 10.1. The number of aromatic nitrogens is 2. The third-order valence-electron chi connectivity index (χ3n) is 1.97. The summed E-state index contributed by atoms with van der Waals surface area (Å²) in [5.74, 6) is -1.46. The Balaban J connectivity index is 2.35. The maximum Gasteiger partial charge on any atom is 0.470 e. The fourth-order valence-electron chi connectivity index (χ4n) is 1.15. The van der Waals surface area contributed by atoms with E-state index < -0.39 is 12.1 Å². The third kappa shape index (κ3) is 2.05. The molecule has 0 fully saturated rings. The van der Waals surface area contributed by atoms with Crippen LogP contribution in [0.15, 0.2) is 28.7 Å². The second-order valence-electron chi connectivity index (χ2n) is 3.28. The zero-order valence-corrected chi connectivity index (χ0v) is 8.25. The Hall–Kier alpha value is -1.85. The molecule has 1 aromatic heterocycles. The third-order valence-corrected chi connectivity index (χ3v) is 1.97. The van der Waals surface area contributed by atoms with Crippen LogP contribution in [0.2, 0.25) is 0 Å². The first-order valence-corrected chi connectivity index (χ1v) is 4.44. The van der Waals surface area contributed by atoms with Crippen LogP contribution < -0.4 is 0 Å². The van der Waals surface area contributed by atoms with Crippen LogP contribution in [0.5, 0.6) is 0 Å². The van der Waals surface area contributed by atoms with Gasteiger partial charge >= 0.3 is 12.1 Å². The summed E-state index contributed by atoms with van der Waals surface area (Å²) in [6.07, 6.45) is -4.60. The van der Waals surface area contributed by atoms with Crippen LogP contribution in [-0.4, -0.2) is 10.2 Å². The molecule has 0 saturated heterocycles. The Kier molecular flexibility index (Phi) is 2.41. The first kappa shape index (κ1) is 10.7. The van der Waals surface area contributed by atoms with Gasteiger partial charge in [0.15, 0.2) is 0 Å². The monoisotopic (exact) mass is 228 g/mol. The molecule has 0 aliphatic carbocycles. The first-order valence-electron chi connectivity index (χ1n) is 4.44. The van der Waals surface area contributed by atoms with Crippen LogP contribution in [0, 0.1) is 6.92 Å². The quantitative estimate of drug-likeness (QED) is 0.752. The zero-order valence-electron chi connectivity index (χ0n) is 8.25. The van der Waals surface area contributed by atoms with Gasteiger partial charge in [-0.1, -0.05) is 17.7 Å². The van der Waals surface area contributed by atoms with Crippen molar-refractivity contribution in [2.75, 3.05) is 0 Å². The van der Waals surface area contributed by atoms with Crippen LogP contribution in [-0.2, 0) is 6.18 Å². The Bertz CT molecular complexity index is 488. The minimum Gasteiger partial charge on any atom is -0.413 e. The Labute approximate surface area is 88.9 Å². The Morgan fingerprint density at radius 3 is 2.19 bits per heavy atom. The van der Waals surface area contributed by atoms with Crippen molar-refractivity contribution >= 4 is 0 Å². The number of halogens is 3. The number of nitrogens with zero attached hydrogens (tertiary/aromatic N) is 2. The molecule has 2 rings (SSSR count). The molecule has 6 heteroatoms. The lowest BCUT2D eigenvalue weighted by molar-refractivity contribution is -0.156. The summed E-state index contributed by atoms with van der Waals surface area (Å²) in [4.78, 5) is 0. The Morgan fingerprint density at radius 2 is 1.69 bits per heavy atom. The summed E-state index contributed by atoms with van der Waals surface area (Å²) in [7, 11) is 0. The average molecular weight is 228 g/mol. The number of aryl methyl sites for hydroxylation is 1. The van der Waals surface area contributed by atoms with Crippen molar-refractivity contribution in [2.24, 2.45) is 0 Å². The fraction of sp³-hybridized carbons (Fsp3) is 0.200. The minimum atomic E-state index is -4.60. The topological polar surface area (TPSA) is 38.9 Å². The van der Waals surface area contributed by atoms with Gasteiger partial charge in [-0.15, -0.1) is 10.2 Å². The van der Waals surface area contributed by atoms with Crippen LogP contribution >= 0.6 is 0 Å². The summed E-state index contributed by atoms with van der Waals surface area (Å²) in [6, 6.07) is 6.77. The van der Waals surface area contributed by atoms with E-state index in [9.17, 15) is 13.2 Å². The first-order chi connectivity index (χ1) is 7.47. The van der Waals surface area contributed by atoms with E-state index in [1.807, 2.05) is 6.92 Å². The van der Waals surface area contributed by atoms with Crippen LogP contribution in [0.25, 0.3) is 11.5 Å². The molecular weight excluding hydrogens is 221 g/mol. The van der Waals surface area contributed by atoms with Crippen molar-refractivity contribution in [3.05, 3.63) is 35.7 Å². The normalized spacial score (nSPS) is 11.8. The van der Waals surface area contributed by atoms with Gasteiger partial charge in [0.25, 0.3) is 0 Å². The zero-order chi connectivity index (χ0) is 11.8. The van der Waals surface area contributed by atoms with E-state index in [4.69, 9.17) is 0 Å². The molecule has 1 heterocycles. The van der Waals surface area contributed by atoms with Gasteiger partial charge < -0.3 is 4.42 Å². The highest BCUT2D eigenvalue weighted by Crippen LogP contribution is 2.30. The molecule has 0 aliphatic rings. The smallest absolute Gasteiger partial charge is 0.413 e. The molecule has 0 atom stereocenters. The minimum absolute atomic E-state index is 0.132. The van der Waals surface area contributed by atoms with Crippen molar-refractivity contribution in [3.63, 3.8) is 0 Å². The van der Waals surface area contributed by atoms with Crippen LogP contribution in [0.3, 0.4) is 0 Å². The second kappa shape index (κ2) is 3.62. The largest absolute Gasteiger partial charge is 0.470 e. The van der Waals surface area contributed by atoms with Gasteiger partial charge in [-0.05, 0) is 19.1 Å². The van der Waals surface area contributed by atoms with Gasteiger partial charge in [0.1, 0.15) is 0 Å². The molecule has 0 spiro atoms. The van der Waals surface area contributed by atoms with Gasteiger partial charge in [-0.3, -0.25) is 0 Å². The van der Waals surface area contributed by atoms with Gasteiger partial charge in [0.05, 0.1) is 0 Å². The van der Waals surface area contributed by atoms with Crippen molar-refractivity contribution in [1.82, 2.24) is 10.2 Å². The lowest BCUT2D eigenvalue weighted by Gasteiger charge is -1.98. The molecule has 2 aromatic rings. The van der Waals surface area contributed by atoms with Crippen LogP contribution in [0.4, 0.5) is 13.2 Å². The van der Waals surface area contributed by atoms with Crippen molar-refractivity contribution < 1.29 is 17.6 Å².